The van der Waals surface area contributed by atoms with E-state index in [1.807, 2.05) is 0 Å². The van der Waals surface area contributed by atoms with Gasteiger partial charge in [0.15, 0.2) is 0 Å². The van der Waals surface area contributed by atoms with Crippen molar-refractivity contribution in [2.75, 3.05) is 18.9 Å². The summed E-state index contributed by atoms with van der Waals surface area (Å²) < 4.78 is 13.0. The number of hydrogen-bond acceptors (Lipinski definition) is 2. The van der Waals surface area contributed by atoms with Gasteiger partial charge >= 0.3 is 0 Å². The van der Waals surface area contributed by atoms with Crippen molar-refractivity contribution in [3.8, 4) is 0 Å². The van der Waals surface area contributed by atoms with Gasteiger partial charge in [0.2, 0.25) is 5.91 Å². The number of nitrogens with one attached hydrogen (secondary N) is 1. The number of halogens is 3. The molecule has 1 atom stereocenters. The Morgan fingerprint density at radius 2 is 2.00 bits per heavy atom. The molecule has 2 rings (SSSR count). The van der Waals surface area contributed by atoms with Crippen molar-refractivity contribution in [2.45, 2.75) is 12.5 Å². The predicted octanol–water partition coefficient (Wildman–Crippen LogP) is 2.78. The summed E-state index contributed by atoms with van der Waals surface area (Å²) in [6, 6.07) is 1.98. The number of carbonyl (C=O) groups is 1. The third kappa shape index (κ3) is 2.48. The molecule has 6 heteroatoms. The van der Waals surface area contributed by atoms with E-state index in [4.69, 9.17) is 23.2 Å². The number of hydrogen-bond donors (Lipinski definition) is 1. The fourth-order valence-electron chi connectivity index (χ4n) is 1.81. The van der Waals surface area contributed by atoms with E-state index in [1.165, 1.54) is 12.1 Å². The SMILES string of the molecule is CN1CCC(Nc2c(Cl)cc(F)cc2Cl)C1=O. The molecular weight excluding hydrogens is 266 g/mol. The van der Waals surface area contributed by atoms with Gasteiger partial charge in [-0.3, -0.25) is 4.79 Å². The summed E-state index contributed by atoms with van der Waals surface area (Å²) in [5, 5.41) is 3.32. The number of benzene rings is 1. The second-order valence-electron chi connectivity index (χ2n) is 3.99. The molecule has 0 spiro atoms. The van der Waals surface area contributed by atoms with E-state index in [1.54, 1.807) is 11.9 Å². The van der Waals surface area contributed by atoms with Crippen LogP contribution in [-0.2, 0) is 4.79 Å². The van der Waals surface area contributed by atoms with Crippen LogP contribution in [0.3, 0.4) is 0 Å². The van der Waals surface area contributed by atoms with Crippen molar-refractivity contribution < 1.29 is 9.18 Å². The van der Waals surface area contributed by atoms with Gasteiger partial charge in [0, 0.05) is 13.6 Å². The molecule has 17 heavy (non-hydrogen) atoms. The average Bonchev–Trinajstić information content (AvgIpc) is 2.54. The summed E-state index contributed by atoms with van der Waals surface area (Å²) in [6.07, 6.45) is 0.680. The largest absolute Gasteiger partial charge is 0.371 e. The zero-order valence-corrected chi connectivity index (χ0v) is 10.6. The lowest BCUT2D eigenvalue weighted by Gasteiger charge is -2.15. The third-order valence-electron chi connectivity index (χ3n) is 2.75. The molecule has 0 saturated carbocycles. The molecular formula is C11H11Cl2FN2O. The van der Waals surface area contributed by atoms with Crippen LogP contribution in [-0.4, -0.2) is 30.4 Å². The number of carbonyl (C=O) groups excluding carboxylic acids is 1. The number of anilines is 1. The lowest BCUT2D eigenvalue weighted by Crippen LogP contribution is -2.31. The van der Waals surface area contributed by atoms with Crippen LogP contribution in [0.2, 0.25) is 10.0 Å². The lowest BCUT2D eigenvalue weighted by molar-refractivity contribution is -0.127. The van der Waals surface area contributed by atoms with Gasteiger partial charge in [-0.15, -0.1) is 0 Å². The summed E-state index contributed by atoms with van der Waals surface area (Å²) in [5.74, 6) is -0.512. The highest BCUT2D eigenvalue weighted by Gasteiger charge is 2.29. The minimum atomic E-state index is -0.500. The molecule has 1 aromatic carbocycles. The van der Waals surface area contributed by atoms with E-state index in [0.717, 1.165) is 0 Å². The fraction of sp³-hybridized carbons (Fsp3) is 0.364. The smallest absolute Gasteiger partial charge is 0.244 e. The maximum absolute atomic E-state index is 13.0. The topological polar surface area (TPSA) is 32.3 Å². The van der Waals surface area contributed by atoms with Crippen LogP contribution in [0.15, 0.2) is 12.1 Å². The molecule has 1 aliphatic heterocycles. The molecule has 1 N–H and O–H groups in total. The number of likely N-dealkylation sites (tertiary alicyclic amines) is 1. The molecule has 1 amide bonds. The van der Waals surface area contributed by atoms with Gasteiger partial charge in [0.05, 0.1) is 15.7 Å². The molecule has 1 heterocycles. The molecule has 1 fully saturated rings. The molecule has 1 aromatic rings. The Morgan fingerprint density at radius 1 is 1.41 bits per heavy atom. The van der Waals surface area contributed by atoms with Crippen LogP contribution in [0.4, 0.5) is 10.1 Å². The average molecular weight is 277 g/mol. The molecule has 1 saturated heterocycles. The number of rotatable bonds is 2. The van der Waals surface area contributed by atoms with Crippen LogP contribution in [0.25, 0.3) is 0 Å². The van der Waals surface area contributed by atoms with Crippen LogP contribution < -0.4 is 5.32 Å². The molecule has 0 bridgehead atoms. The Morgan fingerprint density at radius 3 is 2.47 bits per heavy atom. The highest BCUT2D eigenvalue weighted by Crippen LogP contribution is 2.32. The van der Waals surface area contributed by atoms with Gasteiger partial charge in [-0.1, -0.05) is 23.2 Å². The summed E-state index contributed by atoms with van der Waals surface area (Å²) in [4.78, 5) is 13.3. The Balaban J connectivity index is 2.22. The third-order valence-corrected chi connectivity index (χ3v) is 3.35. The van der Waals surface area contributed by atoms with E-state index in [9.17, 15) is 9.18 Å². The van der Waals surface area contributed by atoms with E-state index >= 15 is 0 Å². The highest BCUT2D eigenvalue weighted by molar-refractivity contribution is 6.39. The van der Waals surface area contributed by atoms with E-state index in [2.05, 4.69) is 5.32 Å². The van der Waals surface area contributed by atoms with Gasteiger partial charge < -0.3 is 10.2 Å². The first kappa shape index (κ1) is 12.5. The van der Waals surface area contributed by atoms with E-state index < -0.39 is 5.82 Å². The fourth-order valence-corrected chi connectivity index (χ4v) is 2.38. The van der Waals surface area contributed by atoms with Crippen molar-refractivity contribution in [3.63, 3.8) is 0 Å². The first-order valence-electron chi connectivity index (χ1n) is 5.15. The van der Waals surface area contributed by atoms with Gasteiger partial charge in [0.25, 0.3) is 0 Å². The summed E-state index contributed by atoms with van der Waals surface area (Å²) >= 11 is 11.8. The Kier molecular flexibility index (Phi) is 3.45. The molecule has 0 aromatic heterocycles. The van der Waals surface area contributed by atoms with Crippen LogP contribution in [0, 0.1) is 5.82 Å². The second kappa shape index (κ2) is 4.70. The number of likely N-dealkylation sites (N-methyl/N-ethyl adjacent to an activating group) is 1. The first-order chi connectivity index (χ1) is 7.99. The second-order valence-corrected chi connectivity index (χ2v) is 4.80. The van der Waals surface area contributed by atoms with Gasteiger partial charge in [0.1, 0.15) is 11.9 Å². The lowest BCUT2D eigenvalue weighted by atomic mass is 10.2. The zero-order valence-electron chi connectivity index (χ0n) is 9.14. The van der Waals surface area contributed by atoms with Crippen molar-refractivity contribution in [3.05, 3.63) is 28.0 Å². The standard InChI is InChI=1S/C11H11Cl2FN2O/c1-16-3-2-9(11(16)17)15-10-7(12)4-6(14)5-8(10)13/h4-5,9,15H,2-3H2,1H3. The van der Waals surface area contributed by atoms with Gasteiger partial charge in [-0.2, -0.15) is 0 Å². The predicted molar refractivity (Wildman–Crippen MR) is 66.1 cm³/mol. The molecule has 1 aliphatic rings. The Hall–Kier alpha value is -1.00. The zero-order chi connectivity index (χ0) is 12.6. The van der Waals surface area contributed by atoms with Gasteiger partial charge in [-0.05, 0) is 18.6 Å². The number of amides is 1. The summed E-state index contributed by atoms with van der Waals surface area (Å²) in [7, 11) is 1.73. The quantitative estimate of drug-likeness (QED) is 0.901. The molecule has 0 radical (unpaired) electrons. The van der Waals surface area contributed by atoms with Crippen molar-refractivity contribution in [1.82, 2.24) is 4.90 Å². The molecule has 1 unspecified atom stereocenters. The minimum absolute atomic E-state index is 0.0125. The van der Waals surface area contributed by atoms with E-state index in [0.29, 0.717) is 18.7 Å². The van der Waals surface area contributed by atoms with Crippen LogP contribution in [0.5, 0.6) is 0 Å². The van der Waals surface area contributed by atoms with Crippen molar-refractivity contribution in [2.24, 2.45) is 0 Å². The normalized spacial score (nSPS) is 19.9. The van der Waals surface area contributed by atoms with Crippen LogP contribution in [0.1, 0.15) is 6.42 Å². The molecule has 0 aliphatic carbocycles. The monoisotopic (exact) mass is 276 g/mol. The Labute approximate surface area is 108 Å². The van der Waals surface area contributed by atoms with E-state index in [-0.39, 0.29) is 22.0 Å². The van der Waals surface area contributed by atoms with Crippen molar-refractivity contribution >= 4 is 34.8 Å². The van der Waals surface area contributed by atoms with Gasteiger partial charge in [-0.25, -0.2) is 4.39 Å². The number of nitrogens with zero attached hydrogens (tertiary/aromatic N) is 1. The Bertz CT molecular complexity index is 444. The molecule has 3 nitrogen and oxygen atoms in total. The maximum atomic E-state index is 13.0. The summed E-state index contributed by atoms with van der Waals surface area (Å²) in [6.45, 7) is 0.687. The maximum Gasteiger partial charge on any atom is 0.244 e. The first-order valence-corrected chi connectivity index (χ1v) is 5.90. The highest BCUT2D eigenvalue weighted by atomic mass is 35.5. The molecule has 92 valence electrons. The van der Waals surface area contributed by atoms with Crippen molar-refractivity contribution in [1.29, 1.82) is 0 Å². The minimum Gasteiger partial charge on any atom is -0.371 e. The van der Waals surface area contributed by atoms with Crippen LogP contribution >= 0.6 is 23.2 Å². The summed E-state index contributed by atoms with van der Waals surface area (Å²) in [5.41, 5.74) is 0.406.